The maximum Gasteiger partial charge on any atom is 0.234 e. The Hall–Kier alpha value is -2.16. The fourth-order valence-corrected chi connectivity index (χ4v) is 3.02. The van der Waals surface area contributed by atoms with Crippen molar-refractivity contribution in [1.29, 1.82) is 0 Å². The van der Waals surface area contributed by atoms with Crippen molar-refractivity contribution in [2.45, 2.75) is 5.16 Å². The van der Waals surface area contributed by atoms with Crippen molar-refractivity contribution in [3.05, 3.63) is 46.6 Å². The van der Waals surface area contributed by atoms with Crippen LogP contribution in [0.25, 0.3) is 11.6 Å². The lowest BCUT2D eigenvalue weighted by Crippen LogP contribution is -2.16. The van der Waals surface area contributed by atoms with Crippen LogP contribution in [0, 0.1) is 0 Å². The van der Waals surface area contributed by atoms with E-state index < -0.39 is 0 Å². The zero-order chi connectivity index (χ0) is 17.1. The normalized spacial score (nSPS) is 10.8. The molecular formula is C14H11Cl2N5O2S. The summed E-state index contributed by atoms with van der Waals surface area (Å²) in [5.41, 5.74) is 0.372. The largest absolute Gasteiger partial charge is 0.461 e. The lowest BCUT2D eigenvalue weighted by molar-refractivity contribution is -0.113. The van der Waals surface area contributed by atoms with Crippen LogP contribution in [0.15, 0.2) is 46.2 Å². The van der Waals surface area contributed by atoms with Crippen LogP contribution in [0.4, 0.5) is 5.69 Å². The number of nitrogen functional groups attached to an aromatic ring is 1. The Bertz CT molecular complexity index is 846. The van der Waals surface area contributed by atoms with Gasteiger partial charge in [0.1, 0.15) is 0 Å². The van der Waals surface area contributed by atoms with E-state index >= 15 is 0 Å². The molecule has 3 N–H and O–H groups in total. The molecule has 3 aromatic rings. The number of anilines is 1. The van der Waals surface area contributed by atoms with Gasteiger partial charge in [-0.1, -0.05) is 41.0 Å². The van der Waals surface area contributed by atoms with Crippen LogP contribution in [-0.4, -0.2) is 26.5 Å². The fourth-order valence-electron chi connectivity index (χ4n) is 1.87. The van der Waals surface area contributed by atoms with Gasteiger partial charge in [0.05, 0.1) is 27.7 Å². The van der Waals surface area contributed by atoms with Crippen LogP contribution in [0.1, 0.15) is 0 Å². The Morgan fingerprint density at radius 1 is 1.25 bits per heavy atom. The Balaban J connectivity index is 1.65. The molecule has 3 rings (SSSR count). The van der Waals surface area contributed by atoms with Crippen molar-refractivity contribution >= 4 is 46.6 Å². The Kier molecular flexibility index (Phi) is 4.98. The van der Waals surface area contributed by atoms with Gasteiger partial charge in [-0.05, 0) is 24.3 Å². The first-order valence-corrected chi connectivity index (χ1v) is 8.41. The van der Waals surface area contributed by atoms with Gasteiger partial charge in [0.25, 0.3) is 0 Å². The molecule has 0 fully saturated rings. The number of hydrogen-bond donors (Lipinski definition) is 2. The van der Waals surface area contributed by atoms with Gasteiger partial charge in [-0.15, -0.1) is 10.2 Å². The SMILES string of the molecule is Nn1c(SCC(=O)Nc2c(Cl)cccc2Cl)nnc1-c1ccco1. The van der Waals surface area contributed by atoms with E-state index in [2.05, 4.69) is 15.5 Å². The summed E-state index contributed by atoms with van der Waals surface area (Å²) in [7, 11) is 0. The first-order valence-electron chi connectivity index (χ1n) is 6.67. The standard InChI is InChI=1S/C14H11Cl2N5O2S/c15-8-3-1-4-9(16)12(8)18-11(22)7-24-14-20-19-13(21(14)17)10-5-2-6-23-10/h1-6H,7,17H2,(H,18,22). The van der Waals surface area contributed by atoms with E-state index in [0.29, 0.717) is 32.5 Å². The van der Waals surface area contributed by atoms with Crippen LogP contribution < -0.4 is 11.2 Å². The number of thioether (sulfide) groups is 1. The molecule has 2 aromatic heterocycles. The number of benzene rings is 1. The van der Waals surface area contributed by atoms with Crippen molar-refractivity contribution in [1.82, 2.24) is 14.9 Å². The number of amides is 1. The molecule has 2 heterocycles. The highest BCUT2D eigenvalue weighted by Gasteiger charge is 2.16. The minimum atomic E-state index is -0.294. The van der Waals surface area contributed by atoms with Crippen molar-refractivity contribution < 1.29 is 9.21 Å². The number of halogens is 2. The van der Waals surface area contributed by atoms with E-state index in [1.165, 1.54) is 10.9 Å². The summed E-state index contributed by atoms with van der Waals surface area (Å²) < 4.78 is 6.49. The fraction of sp³-hybridized carbons (Fsp3) is 0.0714. The van der Waals surface area contributed by atoms with Crippen LogP contribution in [0.2, 0.25) is 10.0 Å². The molecule has 1 amide bonds. The predicted molar refractivity (Wildman–Crippen MR) is 93.7 cm³/mol. The molecular weight excluding hydrogens is 373 g/mol. The third-order valence-corrected chi connectivity index (χ3v) is 4.54. The zero-order valence-corrected chi connectivity index (χ0v) is 14.4. The first-order chi connectivity index (χ1) is 11.6. The number of carbonyl (C=O) groups is 1. The Morgan fingerprint density at radius 2 is 2.00 bits per heavy atom. The molecule has 0 bridgehead atoms. The number of rotatable bonds is 5. The topological polar surface area (TPSA) is 99.0 Å². The predicted octanol–water partition coefficient (Wildman–Crippen LogP) is 3.29. The zero-order valence-electron chi connectivity index (χ0n) is 12.1. The number of para-hydroxylation sites is 1. The van der Waals surface area contributed by atoms with E-state index in [1.807, 2.05) is 0 Å². The summed E-state index contributed by atoms with van der Waals surface area (Å²) in [4.78, 5) is 12.1. The van der Waals surface area contributed by atoms with E-state index in [4.69, 9.17) is 33.5 Å². The minimum absolute atomic E-state index is 0.0645. The first kappa shape index (κ1) is 16.7. The number of hydrogen-bond acceptors (Lipinski definition) is 6. The highest BCUT2D eigenvalue weighted by molar-refractivity contribution is 7.99. The third kappa shape index (κ3) is 3.50. The van der Waals surface area contributed by atoms with E-state index in [1.54, 1.807) is 30.3 Å². The molecule has 0 atom stereocenters. The van der Waals surface area contributed by atoms with Gasteiger partial charge in [0.2, 0.25) is 16.9 Å². The van der Waals surface area contributed by atoms with Crippen LogP contribution in [0.3, 0.4) is 0 Å². The van der Waals surface area contributed by atoms with E-state index in [9.17, 15) is 4.79 Å². The second kappa shape index (κ2) is 7.16. The Labute approximate surface area is 151 Å². The second-order valence-corrected chi connectivity index (χ2v) is 6.34. The van der Waals surface area contributed by atoms with Crippen molar-refractivity contribution in [2.75, 3.05) is 16.9 Å². The second-order valence-electron chi connectivity index (χ2n) is 4.59. The number of nitrogens with zero attached hydrogens (tertiary/aromatic N) is 3. The summed E-state index contributed by atoms with van der Waals surface area (Å²) in [6.07, 6.45) is 1.51. The maximum absolute atomic E-state index is 12.1. The summed E-state index contributed by atoms with van der Waals surface area (Å²) in [6.45, 7) is 0. The van der Waals surface area contributed by atoms with Gasteiger partial charge < -0.3 is 15.6 Å². The molecule has 0 spiro atoms. The van der Waals surface area contributed by atoms with Crippen LogP contribution in [0.5, 0.6) is 0 Å². The van der Waals surface area contributed by atoms with Gasteiger partial charge in [0.15, 0.2) is 5.76 Å². The average Bonchev–Trinajstić information content (AvgIpc) is 3.19. The maximum atomic E-state index is 12.1. The number of nitrogens with one attached hydrogen (secondary N) is 1. The summed E-state index contributed by atoms with van der Waals surface area (Å²) >= 11 is 13.2. The third-order valence-electron chi connectivity index (χ3n) is 2.97. The van der Waals surface area contributed by atoms with Gasteiger partial charge in [-0.3, -0.25) is 4.79 Å². The smallest absolute Gasteiger partial charge is 0.234 e. The van der Waals surface area contributed by atoms with Crippen molar-refractivity contribution in [3.63, 3.8) is 0 Å². The quantitative estimate of drug-likeness (QED) is 0.517. The number of nitrogens with two attached hydrogens (primary N) is 1. The molecule has 0 aliphatic heterocycles. The van der Waals surface area contributed by atoms with Gasteiger partial charge in [-0.2, -0.15) is 0 Å². The van der Waals surface area contributed by atoms with Gasteiger partial charge >= 0.3 is 0 Å². The molecule has 0 radical (unpaired) electrons. The minimum Gasteiger partial charge on any atom is -0.461 e. The molecule has 124 valence electrons. The summed E-state index contributed by atoms with van der Waals surface area (Å²) in [6, 6.07) is 8.42. The Morgan fingerprint density at radius 3 is 2.67 bits per heavy atom. The lowest BCUT2D eigenvalue weighted by Gasteiger charge is -2.08. The average molecular weight is 384 g/mol. The molecule has 10 heteroatoms. The molecule has 0 saturated carbocycles. The lowest BCUT2D eigenvalue weighted by atomic mass is 10.3. The summed E-state index contributed by atoms with van der Waals surface area (Å²) in [5.74, 6) is 6.55. The van der Waals surface area contributed by atoms with Crippen molar-refractivity contribution in [3.8, 4) is 11.6 Å². The monoisotopic (exact) mass is 383 g/mol. The molecule has 24 heavy (non-hydrogen) atoms. The number of carbonyl (C=O) groups excluding carboxylic acids is 1. The molecule has 0 aliphatic rings. The molecule has 0 saturated heterocycles. The molecule has 1 aromatic carbocycles. The molecule has 7 nitrogen and oxygen atoms in total. The van der Waals surface area contributed by atoms with Crippen LogP contribution in [-0.2, 0) is 4.79 Å². The van der Waals surface area contributed by atoms with Gasteiger partial charge in [-0.25, -0.2) is 4.68 Å². The van der Waals surface area contributed by atoms with Gasteiger partial charge in [0, 0.05) is 0 Å². The van der Waals surface area contributed by atoms with E-state index in [-0.39, 0.29) is 11.7 Å². The summed E-state index contributed by atoms with van der Waals surface area (Å²) in [5, 5.41) is 11.7. The number of aromatic nitrogens is 3. The highest BCUT2D eigenvalue weighted by Crippen LogP contribution is 2.30. The highest BCUT2D eigenvalue weighted by atomic mass is 35.5. The molecule has 0 unspecified atom stereocenters. The number of furan rings is 1. The van der Waals surface area contributed by atoms with Crippen molar-refractivity contribution in [2.24, 2.45) is 0 Å². The van der Waals surface area contributed by atoms with Crippen LogP contribution >= 0.6 is 35.0 Å². The van der Waals surface area contributed by atoms with E-state index in [0.717, 1.165) is 11.8 Å². The molecule has 0 aliphatic carbocycles.